The monoisotopic (exact) mass is 289 g/mol. The van der Waals surface area contributed by atoms with E-state index < -0.39 is 5.97 Å². The van der Waals surface area contributed by atoms with Crippen LogP contribution in [-0.2, 0) is 11.3 Å². The van der Waals surface area contributed by atoms with Crippen LogP contribution in [0.4, 0.5) is 0 Å². The van der Waals surface area contributed by atoms with E-state index in [0.29, 0.717) is 18.2 Å². The number of benzene rings is 1. The van der Waals surface area contributed by atoms with Gasteiger partial charge in [0.2, 0.25) is 0 Å². The molecule has 1 aliphatic carbocycles. The van der Waals surface area contributed by atoms with E-state index in [9.17, 15) is 4.79 Å². The molecule has 114 valence electrons. The van der Waals surface area contributed by atoms with Crippen LogP contribution in [0.15, 0.2) is 24.3 Å². The second-order valence-corrected chi connectivity index (χ2v) is 6.64. The number of aromatic carboxylic acids is 1. The van der Waals surface area contributed by atoms with E-state index >= 15 is 0 Å². The number of carboxylic acid groups (broad SMARTS) is 1. The Morgan fingerprint density at radius 1 is 1.48 bits per heavy atom. The van der Waals surface area contributed by atoms with E-state index in [1.54, 1.807) is 18.2 Å². The lowest BCUT2D eigenvalue weighted by atomic mass is 9.81. The van der Waals surface area contributed by atoms with Crippen molar-refractivity contribution < 1.29 is 14.6 Å². The molecule has 1 aliphatic heterocycles. The molecule has 1 aromatic rings. The molecule has 1 saturated heterocycles. The Kier molecular flexibility index (Phi) is 4.00. The van der Waals surface area contributed by atoms with Crippen molar-refractivity contribution in [1.82, 2.24) is 5.32 Å². The van der Waals surface area contributed by atoms with Gasteiger partial charge in [0.25, 0.3) is 0 Å². The molecule has 2 fully saturated rings. The molecule has 1 heterocycles. The molecule has 2 aliphatic rings. The first-order valence-corrected chi connectivity index (χ1v) is 7.73. The summed E-state index contributed by atoms with van der Waals surface area (Å²) in [6.45, 7) is 4.80. The van der Waals surface area contributed by atoms with Crippen molar-refractivity contribution >= 4 is 5.97 Å². The highest BCUT2D eigenvalue weighted by Crippen LogP contribution is 2.47. The molecule has 4 nitrogen and oxygen atoms in total. The Balaban J connectivity index is 1.55. The number of hydrogen-bond donors (Lipinski definition) is 2. The Morgan fingerprint density at radius 2 is 2.29 bits per heavy atom. The number of rotatable bonds is 6. The lowest BCUT2D eigenvalue weighted by Gasteiger charge is -2.30. The van der Waals surface area contributed by atoms with Gasteiger partial charge in [-0.25, -0.2) is 4.79 Å². The standard InChI is InChI=1S/C17H23NO3/c1-17(7-8-21-15(17)13-5-6-13)11-18-10-12-3-2-4-14(9-12)16(19)20/h2-4,9,13,15,18H,5-8,10-11H2,1H3,(H,19,20). The van der Waals surface area contributed by atoms with Crippen molar-refractivity contribution in [1.29, 1.82) is 0 Å². The minimum Gasteiger partial charge on any atom is -0.478 e. The summed E-state index contributed by atoms with van der Waals surface area (Å²) in [5.74, 6) is -0.114. The molecular weight excluding hydrogens is 266 g/mol. The van der Waals surface area contributed by atoms with Crippen LogP contribution >= 0.6 is 0 Å². The normalized spacial score (nSPS) is 28.7. The van der Waals surface area contributed by atoms with Crippen LogP contribution in [0.25, 0.3) is 0 Å². The lowest BCUT2D eigenvalue weighted by Crippen LogP contribution is -2.39. The van der Waals surface area contributed by atoms with Crippen molar-refractivity contribution in [3.63, 3.8) is 0 Å². The van der Waals surface area contributed by atoms with Gasteiger partial charge < -0.3 is 15.2 Å². The number of carbonyl (C=O) groups is 1. The second-order valence-electron chi connectivity index (χ2n) is 6.64. The Labute approximate surface area is 125 Å². The van der Waals surface area contributed by atoms with Crippen molar-refractivity contribution in [2.45, 2.75) is 38.8 Å². The van der Waals surface area contributed by atoms with E-state index in [-0.39, 0.29) is 5.41 Å². The van der Waals surface area contributed by atoms with Gasteiger partial charge in [-0.2, -0.15) is 0 Å². The maximum atomic E-state index is 11.0. The average Bonchev–Trinajstić information content (AvgIpc) is 3.22. The molecular formula is C17H23NO3. The molecule has 0 amide bonds. The zero-order valence-corrected chi connectivity index (χ0v) is 12.5. The van der Waals surface area contributed by atoms with Gasteiger partial charge in [-0.1, -0.05) is 19.1 Å². The van der Waals surface area contributed by atoms with Crippen molar-refractivity contribution in [3.05, 3.63) is 35.4 Å². The van der Waals surface area contributed by atoms with Gasteiger partial charge in [-0.3, -0.25) is 0 Å². The molecule has 0 spiro atoms. The minimum atomic E-state index is -0.873. The van der Waals surface area contributed by atoms with Gasteiger partial charge in [-0.15, -0.1) is 0 Å². The number of carboxylic acids is 1. The summed E-state index contributed by atoms with van der Waals surface area (Å²) in [5, 5.41) is 12.5. The predicted molar refractivity (Wildman–Crippen MR) is 80.3 cm³/mol. The molecule has 2 N–H and O–H groups in total. The Bertz CT molecular complexity index is 527. The summed E-state index contributed by atoms with van der Waals surface area (Å²) in [4.78, 5) is 11.0. The van der Waals surface area contributed by atoms with Crippen LogP contribution < -0.4 is 5.32 Å². The first-order chi connectivity index (χ1) is 10.1. The quantitative estimate of drug-likeness (QED) is 0.845. The van der Waals surface area contributed by atoms with E-state index in [2.05, 4.69) is 12.2 Å². The maximum absolute atomic E-state index is 11.0. The fourth-order valence-corrected chi connectivity index (χ4v) is 3.36. The zero-order valence-electron chi connectivity index (χ0n) is 12.5. The summed E-state index contributed by atoms with van der Waals surface area (Å²) in [5.41, 5.74) is 1.58. The molecule has 2 atom stereocenters. The Morgan fingerprint density at radius 3 is 3.00 bits per heavy atom. The first-order valence-electron chi connectivity index (χ1n) is 7.73. The third-order valence-electron chi connectivity index (χ3n) is 4.74. The average molecular weight is 289 g/mol. The van der Waals surface area contributed by atoms with Crippen molar-refractivity contribution in [2.24, 2.45) is 11.3 Å². The van der Waals surface area contributed by atoms with E-state index in [1.807, 2.05) is 6.07 Å². The van der Waals surface area contributed by atoms with Gasteiger partial charge in [0.05, 0.1) is 11.7 Å². The molecule has 4 heteroatoms. The van der Waals surface area contributed by atoms with Gasteiger partial charge in [0.15, 0.2) is 0 Å². The largest absolute Gasteiger partial charge is 0.478 e. The smallest absolute Gasteiger partial charge is 0.335 e. The predicted octanol–water partition coefficient (Wildman–Crippen LogP) is 2.68. The second kappa shape index (κ2) is 5.78. The van der Waals surface area contributed by atoms with Crippen molar-refractivity contribution in [3.8, 4) is 0 Å². The molecule has 1 saturated carbocycles. The zero-order chi connectivity index (χ0) is 14.9. The van der Waals surface area contributed by atoms with Crippen molar-refractivity contribution in [2.75, 3.05) is 13.2 Å². The fourth-order valence-electron chi connectivity index (χ4n) is 3.36. The first kappa shape index (κ1) is 14.5. The molecule has 0 aromatic heterocycles. The molecule has 21 heavy (non-hydrogen) atoms. The Hall–Kier alpha value is -1.39. The topological polar surface area (TPSA) is 58.6 Å². The van der Waals surface area contributed by atoms with E-state index in [4.69, 9.17) is 9.84 Å². The summed E-state index contributed by atoms with van der Waals surface area (Å²) in [6.07, 6.45) is 4.12. The summed E-state index contributed by atoms with van der Waals surface area (Å²) in [6, 6.07) is 7.13. The highest BCUT2D eigenvalue weighted by molar-refractivity contribution is 5.87. The van der Waals surface area contributed by atoms with Crippen LogP contribution in [0.2, 0.25) is 0 Å². The highest BCUT2D eigenvalue weighted by Gasteiger charge is 2.47. The SMILES string of the molecule is CC1(CNCc2cccc(C(=O)O)c2)CCOC1C1CC1. The molecule has 0 bridgehead atoms. The minimum absolute atomic E-state index is 0.214. The summed E-state index contributed by atoms with van der Waals surface area (Å²) in [7, 11) is 0. The van der Waals surface area contributed by atoms with Crippen LogP contribution in [0.1, 0.15) is 42.1 Å². The summed E-state index contributed by atoms with van der Waals surface area (Å²) < 4.78 is 5.93. The number of nitrogens with one attached hydrogen (secondary N) is 1. The van der Waals surface area contributed by atoms with E-state index in [1.165, 1.54) is 12.8 Å². The highest BCUT2D eigenvalue weighted by atomic mass is 16.5. The van der Waals surface area contributed by atoms with Crippen LogP contribution in [0.5, 0.6) is 0 Å². The number of hydrogen-bond acceptors (Lipinski definition) is 3. The molecule has 3 rings (SSSR count). The molecule has 1 aromatic carbocycles. The van der Waals surface area contributed by atoms with Gasteiger partial charge in [-0.05, 0) is 42.9 Å². The van der Waals surface area contributed by atoms with Gasteiger partial charge >= 0.3 is 5.97 Å². The lowest BCUT2D eigenvalue weighted by molar-refractivity contribution is 0.0386. The maximum Gasteiger partial charge on any atom is 0.335 e. The third-order valence-corrected chi connectivity index (χ3v) is 4.74. The van der Waals surface area contributed by atoms with Crippen LogP contribution in [0, 0.1) is 11.3 Å². The van der Waals surface area contributed by atoms with Gasteiger partial charge in [0.1, 0.15) is 0 Å². The third kappa shape index (κ3) is 3.27. The van der Waals surface area contributed by atoms with E-state index in [0.717, 1.165) is 31.1 Å². The number of ether oxygens (including phenoxy) is 1. The van der Waals surface area contributed by atoms with Crippen LogP contribution in [-0.4, -0.2) is 30.3 Å². The van der Waals surface area contributed by atoms with Crippen LogP contribution in [0.3, 0.4) is 0 Å². The summed E-state index contributed by atoms with van der Waals surface area (Å²) >= 11 is 0. The molecule has 0 radical (unpaired) electrons. The fraction of sp³-hybridized carbons (Fsp3) is 0.588. The van der Waals surface area contributed by atoms with Gasteiger partial charge in [0, 0.05) is 25.1 Å². The molecule has 2 unspecified atom stereocenters.